The minimum Gasteiger partial charge on any atom is -0.337 e. The van der Waals surface area contributed by atoms with Crippen LogP contribution in [0.3, 0.4) is 0 Å². The van der Waals surface area contributed by atoms with Crippen LogP contribution < -0.4 is 4.72 Å². The molecular weight excluding hydrogens is 418 g/mol. The van der Waals surface area contributed by atoms with Gasteiger partial charge in [0.05, 0.1) is 4.90 Å². The number of nitrogens with zero attached hydrogens (tertiary/aromatic N) is 1. The van der Waals surface area contributed by atoms with Gasteiger partial charge >= 0.3 is 0 Å². The van der Waals surface area contributed by atoms with Gasteiger partial charge in [0.1, 0.15) is 11.6 Å². The average Bonchev–Trinajstić information content (AvgIpc) is 3.22. The fourth-order valence-corrected chi connectivity index (χ4v) is 4.44. The zero-order valence-corrected chi connectivity index (χ0v) is 17.1. The van der Waals surface area contributed by atoms with Crippen LogP contribution in [0.25, 0.3) is 0 Å². The first kappa shape index (κ1) is 21.1. The molecule has 0 aliphatic rings. The summed E-state index contributed by atoms with van der Waals surface area (Å²) in [5.41, 5.74) is 0.303. The lowest BCUT2D eigenvalue weighted by Gasteiger charge is -2.18. The summed E-state index contributed by atoms with van der Waals surface area (Å²) in [4.78, 5) is 14.7. The number of carbonyl (C=O) groups excluding carboxylic acids is 1. The van der Waals surface area contributed by atoms with E-state index in [-0.39, 0.29) is 29.1 Å². The van der Waals surface area contributed by atoms with E-state index in [1.807, 2.05) is 17.5 Å². The third kappa shape index (κ3) is 5.26. The van der Waals surface area contributed by atoms with E-state index in [0.717, 1.165) is 17.0 Å². The lowest BCUT2D eigenvalue weighted by atomic mass is 10.1. The molecule has 152 valence electrons. The smallest absolute Gasteiger partial charge is 0.253 e. The maximum absolute atomic E-state index is 13.8. The minimum absolute atomic E-state index is 0.0405. The Morgan fingerprint density at radius 1 is 1.10 bits per heavy atom. The molecule has 0 saturated carbocycles. The number of carbonyl (C=O) groups is 1. The fourth-order valence-electron chi connectivity index (χ4n) is 2.66. The first-order valence-electron chi connectivity index (χ1n) is 8.58. The third-order valence-electron chi connectivity index (χ3n) is 4.18. The number of hydrogen-bond acceptors (Lipinski definition) is 4. The molecule has 3 rings (SSSR count). The monoisotopic (exact) mass is 436 g/mol. The topological polar surface area (TPSA) is 66.5 Å². The summed E-state index contributed by atoms with van der Waals surface area (Å²) in [6, 6.07) is 12.4. The van der Waals surface area contributed by atoms with Crippen molar-refractivity contribution in [1.29, 1.82) is 0 Å². The van der Waals surface area contributed by atoms with Gasteiger partial charge in [-0.15, -0.1) is 11.3 Å². The number of rotatable bonds is 7. The van der Waals surface area contributed by atoms with Crippen LogP contribution in [0.4, 0.5) is 8.78 Å². The molecule has 0 aliphatic carbocycles. The van der Waals surface area contributed by atoms with Gasteiger partial charge in [-0.3, -0.25) is 4.79 Å². The molecule has 0 bridgehead atoms. The molecule has 0 spiro atoms. The van der Waals surface area contributed by atoms with E-state index < -0.39 is 27.6 Å². The lowest BCUT2D eigenvalue weighted by Crippen LogP contribution is -2.27. The minimum atomic E-state index is -3.80. The summed E-state index contributed by atoms with van der Waals surface area (Å²) in [5, 5.41) is 1.85. The summed E-state index contributed by atoms with van der Waals surface area (Å²) in [6.07, 6.45) is 0. The molecular formula is C20H18F2N2O3S2. The van der Waals surface area contributed by atoms with E-state index in [2.05, 4.69) is 4.72 Å². The highest BCUT2D eigenvalue weighted by atomic mass is 32.2. The Labute approximate surface area is 171 Å². The molecule has 1 N–H and O–H groups in total. The molecule has 0 aliphatic heterocycles. The molecule has 29 heavy (non-hydrogen) atoms. The first-order chi connectivity index (χ1) is 13.8. The second-order valence-corrected chi connectivity index (χ2v) is 9.13. The van der Waals surface area contributed by atoms with Crippen molar-refractivity contribution < 1.29 is 22.0 Å². The molecule has 2 aromatic carbocycles. The molecule has 9 heteroatoms. The van der Waals surface area contributed by atoms with E-state index in [1.165, 1.54) is 53.6 Å². The second kappa shape index (κ2) is 8.81. The molecule has 0 fully saturated rings. The van der Waals surface area contributed by atoms with Crippen molar-refractivity contribution in [3.8, 4) is 0 Å². The molecule has 0 saturated heterocycles. The zero-order valence-electron chi connectivity index (χ0n) is 15.4. The van der Waals surface area contributed by atoms with Crippen LogP contribution in [0.15, 0.2) is 64.9 Å². The SMILES string of the molecule is CN(Cc1ccc(F)cc1F)C(=O)c1cccc(S(=O)(=O)NCc2cccs2)c1. The van der Waals surface area contributed by atoms with Crippen molar-refractivity contribution in [2.75, 3.05) is 7.05 Å². The van der Waals surface area contributed by atoms with Gasteiger partial charge < -0.3 is 4.90 Å². The van der Waals surface area contributed by atoms with Crippen LogP contribution in [-0.4, -0.2) is 26.3 Å². The largest absolute Gasteiger partial charge is 0.337 e. The number of sulfonamides is 1. The van der Waals surface area contributed by atoms with Crippen molar-refractivity contribution >= 4 is 27.3 Å². The van der Waals surface area contributed by atoms with Crippen LogP contribution in [0.2, 0.25) is 0 Å². The van der Waals surface area contributed by atoms with Crippen molar-refractivity contribution in [2.45, 2.75) is 18.0 Å². The van der Waals surface area contributed by atoms with Gasteiger partial charge in [0.2, 0.25) is 10.0 Å². The van der Waals surface area contributed by atoms with E-state index in [4.69, 9.17) is 0 Å². The summed E-state index contributed by atoms with van der Waals surface area (Å²) in [6.45, 7) is 0.0699. The van der Waals surface area contributed by atoms with Crippen LogP contribution in [0.5, 0.6) is 0 Å². The maximum atomic E-state index is 13.8. The Bertz CT molecular complexity index is 1120. The van der Waals surface area contributed by atoms with Crippen molar-refractivity contribution in [2.24, 2.45) is 0 Å². The Morgan fingerprint density at radius 3 is 2.59 bits per heavy atom. The van der Waals surface area contributed by atoms with Gasteiger partial charge in [-0.1, -0.05) is 18.2 Å². The normalized spacial score (nSPS) is 11.4. The number of amides is 1. The summed E-state index contributed by atoms with van der Waals surface area (Å²) in [5.74, 6) is -1.93. The van der Waals surface area contributed by atoms with Crippen LogP contribution in [-0.2, 0) is 23.1 Å². The zero-order chi connectivity index (χ0) is 21.0. The second-order valence-electron chi connectivity index (χ2n) is 6.33. The Kier molecular flexibility index (Phi) is 6.41. The van der Waals surface area contributed by atoms with Gasteiger partial charge in [0, 0.05) is 42.2 Å². The summed E-state index contributed by atoms with van der Waals surface area (Å²) >= 11 is 1.43. The lowest BCUT2D eigenvalue weighted by molar-refractivity contribution is 0.0783. The first-order valence-corrected chi connectivity index (χ1v) is 10.9. The van der Waals surface area contributed by atoms with Gasteiger partial charge in [-0.05, 0) is 35.7 Å². The number of thiophene rings is 1. The van der Waals surface area contributed by atoms with Gasteiger partial charge in [0.25, 0.3) is 5.91 Å². The number of hydrogen-bond donors (Lipinski definition) is 1. The van der Waals surface area contributed by atoms with Crippen LogP contribution in [0, 0.1) is 11.6 Å². The Balaban J connectivity index is 1.74. The van der Waals surface area contributed by atoms with E-state index in [0.29, 0.717) is 0 Å². The van der Waals surface area contributed by atoms with Gasteiger partial charge in [-0.25, -0.2) is 21.9 Å². The van der Waals surface area contributed by atoms with Crippen molar-refractivity contribution in [3.63, 3.8) is 0 Å². The predicted molar refractivity (Wildman–Crippen MR) is 107 cm³/mol. The highest BCUT2D eigenvalue weighted by molar-refractivity contribution is 7.89. The van der Waals surface area contributed by atoms with Crippen LogP contribution >= 0.6 is 11.3 Å². The Morgan fingerprint density at radius 2 is 1.90 bits per heavy atom. The fraction of sp³-hybridized carbons (Fsp3) is 0.150. The van der Waals surface area contributed by atoms with Gasteiger partial charge in [0.15, 0.2) is 0 Å². The Hall–Kier alpha value is -2.62. The number of benzene rings is 2. The molecule has 1 aromatic heterocycles. The van der Waals surface area contributed by atoms with E-state index in [9.17, 15) is 22.0 Å². The standard InChI is InChI=1S/C20H18F2N2O3S2/c1-24(13-15-7-8-16(21)11-19(15)22)20(25)14-4-2-6-18(10-14)29(26,27)23-12-17-5-3-9-28-17/h2-11,23H,12-13H2,1H3. The quantitative estimate of drug-likeness (QED) is 0.613. The molecule has 5 nitrogen and oxygen atoms in total. The molecule has 1 heterocycles. The maximum Gasteiger partial charge on any atom is 0.253 e. The number of nitrogens with one attached hydrogen (secondary N) is 1. The molecule has 1 amide bonds. The molecule has 0 atom stereocenters. The summed E-state index contributed by atoms with van der Waals surface area (Å²) < 4.78 is 54.4. The van der Waals surface area contributed by atoms with Crippen molar-refractivity contribution in [3.05, 3.63) is 87.6 Å². The predicted octanol–water partition coefficient (Wildman–Crippen LogP) is 3.78. The molecule has 0 radical (unpaired) electrons. The van der Waals surface area contributed by atoms with Crippen molar-refractivity contribution in [1.82, 2.24) is 9.62 Å². The number of halogens is 2. The summed E-state index contributed by atoms with van der Waals surface area (Å²) in [7, 11) is -2.34. The highest BCUT2D eigenvalue weighted by Gasteiger charge is 2.19. The molecule has 3 aromatic rings. The van der Waals surface area contributed by atoms with E-state index in [1.54, 1.807) is 0 Å². The van der Waals surface area contributed by atoms with Gasteiger partial charge in [-0.2, -0.15) is 0 Å². The average molecular weight is 437 g/mol. The molecule has 0 unspecified atom stereocenters. The van der Waals surface area contributed by atoms with E-state index >= 15 is 0 Å². The third-order valence-corrected chi connectivity index (χ3v) is 6.45. The highest BCUT2D eigenvalue weighted by Crippen LogP contribution is 2.17. The van der Waals surface area contributed by atoms with Crippen LogP contribution in [0.1, 0.15) is 20.8 Å².